The predicted octanol–water partition coefficient (Wildman–Crippen LogP) is 3.04. The SMILES string of the molecule is COc1ccc(OC)c(C=c2sc3nnc(-c4cccc(Cl)c4)n3c2=O)c1. The molecule has 4 aromatic rings. The molecule has 0 aliphatic carbocycles. The lowest BCUT2D eigenvalue weighted by Crippen LogP contribution is -2.23. The van der Waals surface area contributed by atoms with Crippen LogP contribution in [0.25, 0.3) is 22.4 Å². The van der Waals surface area contributed by atoms with Crippen molar-refractivity contribution in [3.63, 3.8) is 0 Å². The molecule has 0 unspecified atom stereocenters. The minimum atomic E-state index is -0.195. The molecule has 0 saturated heterocycles. The maximum atomic E-state index is 13.0. The van der Waals surface area contributed by atoms with Crippen LogP contribution in [0.1, 0.15) is 5.56 Å². The standard InChI is InChI=1S/C19H14ClN3O3S/c1-25-14-6-7-15(26-2)12(9-14)10-16-18(24)23-17(21-22-19(23)27-16)11-4-3-5-13(20)8-11/h3-10H,1-2H3. The molecule has 8 heteroatoms. The summed E-state index contributed by atoms with van der Waals surface area (Å²) in [5.41, 5.74) is 1.28. The lowest BCUT2D eigenvalue weighted by atomic mass is 10.2. The maximum Gasteiger partial charge on any atom is 0.276 e. The highest BCUT2D eigenvalue weighted by atomic mass is 35.5. The Labute approximate surface area is 163 Å². The summed E-state index contributed by atoms with van der Waals surface area (Å²) in [5, 5.41) is 8.85. The van der Waals surface area contributed by atoms with Gasteiger partial charge in [-0.25, -0.2) is 4.40 Å². The van der Waals surface area contributed by atoms with Crippen molar-refractivity contribution in [2.75, 3.05) is 14.2 Å². The molecule has 27 heavy (non-hydrogen) atoms. The topological polar surface area (TPSA) is 65.7 Å². The smallest absolute Gasteiger partial charge is 0.276 e. The van der Waals surface area contributed by atoms with Gasteiger partial charge in [-0.05, 0) is 36.4 Å². The lowest BCUT2D eigenvalue weighted by molar-refractivity contribution is 0.402. The first-order valence-corrected chi connectivity index (χ1v) is 9.18. The normalized spacial score (nSPS) is 11.9. The third-order valence-electron chi connectivity index (χ3n) is 4.05. The molecule has 0 amide bonds. The number of nitrogens with zero attached hydrogens (tertiary/aromatic N) is 3. The monoisotopic (exact) mass is 399 g/mol. The molecule has 0 radical (unpaired) electrons. The summed E-state index contributed by atoms with van der Waals surface area (Å²) in [4.78, 5) is 13.5. The van der Waals surface area contributed by atoms with Crippen molar-refractivity contribution >= 4 is 34.0 Å². The van der Waals surface area contributed by atoms with Gasteiger partial charge in [0.05, 0.1) is 18.8 Å². The van der Waals surface area contributed by atoms with E-state index in [0.29, 0.717) is 31.8 Å². The molecule has 2 aromatic carbocycles. The number of halogens is 1. The Hall–Kier alpha value is -2.90. The summed E-state index contributed by atoms with van der Waals surface area (Å²) in [6.07, 6.45) is 1.77. The fourth-order valence-corrected chi connectivity index (χ4v) is 3.86. The van der Waals surface area contributed by atoms with E-state index in [2.05, 4.69) is 10.2 Å². The zero-order valence-electron chi connectivity index (χ0n) is 14.5. The Morgan fingerprint density at radius 2 is 1.96 bits per heavy atom. The second-order valence-electron chi connectivity index (χ2n) is 5.68. The Morgan fingerprint density at radius 1 is 1.11 bits per heavy atom. The molecular formula is C19H14ClN3O3S. The molecule has 0 saturated carbocycles. The second-order valence-corrected chi connectivity index (χ2v) is 7.12. The van der Waals surface area contributed by atoms with E-state index in [9.17, 15) is 4.79 Å². The highest BCUT2D eigenvalue weighted by Gasteiger charge is 2.15. The second kappa shape index (κ2) is 7.02. The molecule has 136 valence electrons. The fraction of sp³-hybridized carbons (Fsp3) is 0.105. The molecule has 0 atom stereocenters. The average molecular weight is 400 g/mol. The fourth-order valence-electron chi connectivity index (χ4n) is 2.77. The van der Waals surface area contributed by atoms with Crippen LogP contribution in [0, 0.1) is 0 Å². The number of aromatic nitrogens is 3. The number of thiazole rings is 1. The number of benzene rings is 2. The predicted molar refractivity (Wildman–Crippen MR) is 106 cm³/mol. The summed E-state index contributed by atoms with van der Waals surface area (Å²) < 4.78 is 12.7. The van der Waals surface area contributed by atoms with E-state index in [1.54, 1.807) is 44.6 Å². The van der Waals surface area contributed by atoms with Crippen molar-refractivity contribution in [2.45, 2.75) is 0 Å². The number of hydrogen-bond donors (Lipinski definition) is 0. The van der Waals surface area contributed by atoms with E-state index >= 15 is 0 Å². The van der Waals surface area contributed by atoms with E-state index in [0.717, 1.165) is 11.1 Å². The van der Waals surface area contributed by atoms with Crippen LogP contribution in [0.15, 0.2) is 47.3 Å². The quantitative estimate of drug-likeness (QED) is 0.527. The maximum absolute atomic E-state index is 13.0. The first-order valence-electron chi connectivity index (χ1n) is 7.98. The summed E-state index contributed by atoms with van der Waals surface area (Å²) in [7, 11) is 3.17. The molecule has 0 spiro atoms. The van der Waals surface area contributed by atoms with Gasteiger partial charge in [-0.2, -0.15) is 0 Å². The van der Waals surface area contributed by atoms with Crippen LogP contribution in [-0.2, 0) is 0 Å². The van der Waals surface area contributed by atoms with Gasteiger partial charge in [0.15, 0.2) is 5.82 Å². The van der Waals surface area contributed by atoms with Gasteiger partial charge in [0.1, 0.15) is 11.5 Å². The molecule has 0 aliphatic heterocycles. The van der Waals surface area contributed by atoms with Gasteiger partial charge >= 0.3 is 0 Å². The van der Waals surface area contributed by atoms with Crippen LogP contribution in [0.5, 0.6) is 11.5 Å². The van der Waals surface area contributed by atoms with E-state index in [4.69, 9.17) is 21.1 Å². The minimum absolute atomic E-state index is 0.195. The molecule has 4 rings (SSSR count). The number of rotatable bonds is 4. The Kier molecular flexibility index (Phi) is 4.55. The Bertz CT molecular complexity index is 1250. The van der Waals surface area contributed by atoms with Gasteiger partial charge < -0.3 is 9.47 Å². The van der Waals surface area contributed by atoms with Gasteiger partial charge in [-0.15, -0.1) is 10.2 Å². The van der Waals surface area contributed by atoms with Crippen LogP contribution in [-0.4, -0.2) is 28.8 Å². The first-order chi connectivity index (χ1) is 13.1. The molecule has 0 fully saturated rings. The van der Waals surface area contributed by atoms with Crippen LogP contribution in [0.4, 0.5) is 0 Å². The van der Waals surface area contributed by atoms with Crippen LogP contribution >= 0.6 is 22.9 Å². The average Bonchev–Trinajstić information content (AvgIpc) is 3.22. The molecular weight excluding hydrogens is 386 g/mol. The van der Waals surface area contributed by atoms with Crippen molar-refractivity contribution in [1.29, 1.82) is 0 Å². The lowest BCUT2D eigenvalue weighted by Gasteiger charge is -2.06. The van der Waals surface area contributed by atoms with Crippen molar-refractivity contribution in [1.82, 2.24) is 14.6 Å². The molecule has 2 heterocycles. The van der Waals surface area contributed by atoms with Crippen LogP contribution < -0.4 is 19.6 Å². The highest BCUT2D eigenvalue weighted by Crippen LogP contribution is 2.25. The van der Waals surface area contributed by atoms with Crippen molar-refractivity contribution in [2.24, 2.45) is 0 Å². The van der Waals surface area contributed by atoms with Gasteiger partial charge in [0.2, 0.25) is 4.96 Å². The number of fused-ring (bicyclic) bond motifs is 1. The van der Waals surface area contributed by atoms with E-state index < -0.39 is 0 Å². The molecule has 0 bridgehead atoms. The largest absolute Gasteiger partial charge is 0.497 e. The molecule has 0 N–H and O–H groups in total. The van der Waals surface area contributed by atoms with Gasteiger partial charge in [0, 0.05) is 16.1 Å². The number of methoxy groups -OCH3 is 2. The zero-order valence-corrected chi connectivity index (χ0v) is 16.0. The van der Waals surface area contributed by atoms with E-state index in [1.165, 1.54) is 15.7 Å². The van der Waals surface area contributed by atoms with E-state index in [1.807, 2.05) is 18.2 Å². The van der Waals surface area contributed by atoms with Gasteiger partial charge in [0.25, 0.3) is 5.56 Å². The number of hydrogen-bond acceptors (Lipinski definition) is 6. The third kappa shape index (κ3) is 3.15. The summed E-state index contributed by atoms with van der Waals surface area (Å²) in [6.45, 7) is 0. The van der Waals surface area contributed by atoms with Crippen molar-refractivity contribution in [3.8, 4) is 22.9 Å². The van der Waals surface area contributed by atoms with Crippen LogP contribution in [0.2, 0.25) is 5.02 Å². The highest BCUT2D eigenvalue weighted by molar-refractivity contribution is 7.15. The molecule has 6 nitrogen and oxygen atoms in total. The number of ether oxygens (including phenoxy) is 2. The summed E-state index contributed by atoms with van der Waals surface area (Å²) in [6, 6.07) is 12.6. The molecule has 0 aliphatic rings. The zero-order chi connectivity index (χ0) is 19.0. The van der Waals surface area contributed by atoms with Gasteiger partial charge in [-0.1, -0.05) is 35.1 Å². The Morgan fingerprint density at radius 3 is 2.70 bits per heavy atom. The third-order valence-corrected chi connectivity index (χ3v) is 5.25. The van der Waals surface area contributed by atoms with Gasteiger partial charge in [-0.3, -0.25) is 4.79 Å². The summed E-state index contributed by atoms with van der Waals surface area (Å²) >= 11 is 7.33. The first kappa shape index (κ1) is 17.5. The van der Waals surface area contributed by atoms with Crippen molar-refractivity contribution in [3.05, 3.63) is 67.9 Å². The Balaban J connectivity index is 1.92. The molecule has 2 aromatic heterocycles. The van der Waals surface area contributed by atoms with Crippen molar-refractivity contribution < 1.29 is 9.47 Å². The summed E-state index contributed by atoms with van der Waals surface area (Å²) in [5.74, 6) is 1.79. The van der Waals surface area contributed by atoms with E-state index in [-0.39, 0.29) is 5.56 Å². The van der Waals surface area contributed by atoms with Crippen LogP contribution in [0.3, 0.4) is 0 Å². The minimum Gasteiger partial charge on any atom is -0.497 e.